The lowest BCUT2D eigenvalue weighted by Crippen LogP contribution is -2.51. The maximum Gasteiger partial charge on any atom is 0.317 e. The number of hydrogen-bond donors (Lipinski definition) is 1. The molecule has 0 saturated carbocycles. The van der Waals surface area contributed by atoms with E-state index in [1.807, 2.05) is 4.90 Å². The van der Waals surface area contributed by atoms with Gasteiger partial charge in [0.2, 0.25) is 0 Å². The maximum atomic E-state index is 12.8. The number of benzene rings is 2. The molecule has 0 aromatic heterocycles. The fourth-order valence-electron chi connectivity index (χ4n) is 4.54. The van der Waals surface area contributed by atoms with E-state index in [0.717, 1.165) is 56.1 Å². The van der Waals surface area contributed by atoms with Crippen molar-refractivity contribution >= 4 is 11.7 Å². The third-order valence-electron chi connectivity index (χ3n) is 6.11. The Balaban J connectivity index is 1.22. The van der Waals surface area contributed by atoms with Crippen LogP contribution in [0, 0.1) is 6.92 Å². The number of carbonyl (C=O) groups excluding carboxylic acids is 1. The van der Waals surface area contributed by atoms with E-state index < -0.39 is 0 Å². The molecule has 0 unspecified atom stereocenters. The van der Waals surface area contributed by atoms with Gasteiger partial charge in [-0.05, 0) is 30.7 Å². The summed E-state index contributed by atoms with van der Waals surface area (Å²) in [6.07, 6.45) is 1.79. The van der Waals surface area contributed by atoms with Gasteiger partial charge in [0.25, 0.3) is 0 Å². The van der Waals surface area contributed by atoms with Crippen molar-refractivity contribution in [2.75, 3.05) is 44.3 Å². The normalized spacial score (nSPS) is 17.4. The third kappa shape index (κ3) is 3.48. The van der Waals surface area contributed by atoms with Gasteiger partial charge >= 0.3 is 6.03 Å². The van der Waals surface area contributed by atoms with Gasteiger partial charge in [-0.15, -0.1) is 0 Å². The van der Waals surface area contributed by atoms with Gasteiger partial charge in [-0.3, -0.25) is 0 Å². The van der Waals surface area contributed by atoms with Gasteiger partial charge in [0.15, 0.2) is 0 Å². The molecule has 5 rings (SSSR count). The summed E-state index contributed by atoms with van der Waals surface area (Å²) in [5, 5.41) is 3.12. The molecule has 1 N–H and O–H groups in total. The van der Waals surface area contributed by atoms with Crippen LogP contribution in [0.5, 0.6) is 11.5 Å². The molecule has 6 heteroatoms. The predicted molar refractivity (Wildman–Crippen MR) is 112 cm³/mol. The fraction of sp³-hybridized carbons (Fsp3) is 0.435. The number of fused-ring (bicyclic) bond motifs is 2. The van der Waals surface area contributed by atoms with Crippen LogP contribution < -0.4 is 19.7 Å². The Morgan fingerprint density at radius 1 is 1.07 bits per heavy atom. The quantitative estimate of drug-likeness (QED) is 0.871. The molecule has 0 spiro atoms. The van der Waals surface area contributed by atoms with Crippen LogP contribution in [0.4, 0.5) is 10.5 Å². The number of amides is 2. The highest BCUT2D eigenvalue weighted by molar-refractivity contribution is 5.75. The second-order valence-corrected chi connectivity index (χ2v) is 7.99. The molecule has 1 fully saturated rings. The van der Waals surface area contributed by atoms with Crippen LogP contribution >= 0.6 is 0 Å². The SMILES string of the molecule is Cc1cccc(N2CCN(C(=O)NCc3c4c(cc5c3OCC5)OCC4)CC2)c1. The highest BCUT2D eigenvalue weighted by Gasteiger charge is 2.27. The molecule has 0 radical (unpaired) electrons. The molecule has 0 atom stereocenters. The lowest BCUT2D eigenvalue weighted by atomic mass is 9.99. The van der Waals surface area contributed by atoms with E-state index in [0.29, 0.717) is 19.8 Å². The monoisotopic (exact) mass is 393 g/mol. The van der Waals surface area contributed by atoms with E-state index in [2.05, 4.69) is 47.5 Å². The standard InChI is InChI=1S/C23H27N3O3/c1-16-3-2-4-18(13-16)25-7-9-26(10-8-25)23(27)24-15-20-19-6-12-28-21(19)14-17-5-11-29-22(17)20/h2-4,13-14H,5-12,15H2,1H3,(H,24,27). The van der Waals surface area contributed by atoms with E-state index >= 15 is 0 Å². The van der Waals surface area contributed by atoms with Crippen molar-refractivity contribution in [2.45, 2.75) is 26.3 Å². The zero-order chi connectivity index (χ0) is 19.8. The molecule has 6 nitrogen and oxygen atoms in total. The van der Waals surface area contributed by atoms with Crippen molar-refractivity contribution in [2.24, 2.45) is 0 Å². The lowest BCUT2D eigenvalue weighted by Gasteiger charge is -2.36. The smallest absolute Gasteiger partial charge is 0.317 e. The molecule has 3 aliphatic rings. The number of anilines is 1. The first-order valence-electron chi connectivity index (χ1n) is 10.5. The molecule has 1 saturated heterocycles. The number of urea groups is 1. The number of nitrogens with one attached hydrogen (secondary N) is 1. The fourth-order valence-corrected chi connectivity index (χ4v) is 4.54. The molecular weight excluding hydrogens is 366 g/mol. The summed E-state index contributed by atoms with van der Waals surface area (Å²) in [4.78, 5) is 17.0. The molecular formula is C23H27N3O3. The summed E-state index contributed by atoms with van der Waals surface area (Å²) in [6, 6.07) is 10.7. The van der Waals surface area contributed by atoms with Gasteiger partial charge in [0, 0.05) is 67.9 Å². The first kappa shape index (κ1) is 18.2. The van der Waals surface area contributed by atoms with Crippen LogP contribution in [-0.4, -0.2) is 50.3 Å². The van der Waals surface area contributed by atoms with Gasteiger partial charge < -0.3 is 24.6 Å². The molecule has 0 aliphatic carbocycles. The highest BCUT2D eigenvalue weighted by atomic mass is 16.5. The van der Waals surface area contributed by atoms with Crippen LogP contribution in [0.3, 0.4) is 0 Å². The Morgan fingerprint density at radius 2 is 1.90 bits per heavy atom. The Morgan fingerprint density at radius 3 is 2.72 bits per heavy atom. The first-order chi connectivity index (χ1) is 14.2. The summed E-state index contributed by atoms with van der Waals surface area (Å²) in [5.41, 5.74) is 5.98. The zero-order valence-corrected chi connectivity index (χ0v) is 16.9. The summed E-state index contributed by atoms with van der Waals surface area (Å²) >= 11 is 0. The molecule has 2 aromatic carbocycles. The van der Waals surface area contributed by atoms with Crippen molar-refractivity contribution in [3.63, 3.8) is 0 Å². The van der Waals surface area contributed by atoms with Crippen molar-refractivity contribution in [1.82, 2.24) is 10.2 Å². The van der Waals surface area contributed by atoms with Crippen molar-refractivity contribution in [3.05, 3.63) is 52.6 Å². The van der Waals surface area contributed by atoms with Gasteiger partial charge in [-0.25, -0.2) is 4.79 Å². The maximum absolute atomic E-state index is 12.8. The number of nitrogens with zero attached hydrogens (tertiary/aromatic N) is 2. The van der Waals surface area contributed by atoms with Crippen molar-refractivity contribution in [1.29, 1.82) is 0 Å². The van der Waals surface area contributed by atoms with Crippen LogP contribution in [0.2, 0.25) is 0 Å². The molecule has 3 heterocycles. The van der Waals surface area contributed by atoms with E-state index in [9.17, 15) is 4.79 Å². The van der Waals surface area contributed by atoms with Gasteiger partial charge in [0.1, 0.15) is 11.5 Å². The summed E-state index contributed by atoms with van der Waals surface area (Å²) in [5.74, 6) is 1.92. The molecule has 29 heavy (non-hydrogen) atoms. The molecule has 2 amide bonds. The van der Waals surface area contributed by atoms with Crippen LogP contribution in [0.1, 0.15) is 22.3 Å². The molecule has 0 bridgehead atoms. The zero-order valence-electron chi connectivity index (χ0n) is 16.9. The van der Waals surface area contributed by atoms with E-state index in [1.165, 1.54) is 22.4 Å². The third-order valence-corrected chi connectivity index (χ3v) is 6.11. The second-order valence-electron chi connectivity index (χ2n) is 7.99. The lowest BCUT2D eigenvalue weighted by molar-refractivity contribution is 0.194. The molecule has 3 aliphatic heterocycles. The minimum Gasteiger partial charge on any atom is -0.493 e. The topological polar surface area (TPSA) is 54.0 Å². The van der Waals surface area contributed by atoms with Crippen LogP contribution in [0.15, 0.2) is 30.3 Å². The summed E-state index contributed by atoms with van der Waals surface area (Å²) in [6.45, 7) is 7.17. The largest absolute Gasteiger partial charge is 0.493 e. The molecule has 152 valence electrons. The van der Waals surface area contributed by atoms with E-state index in [1.54, 1.807) is 0 Å². The number of carbonyl (C=O) groups is 1. The summed E-state index contributed by atoms with van der Waals surface area (Å²) in [7, 11) is 0. The first-order valence-corrected chi connectivity index (χ1v) is 10.5. The predicted octanol–water partition coefficient (Wildman–Crippen LogP) is 2.90. The number of rotatable bonds is 3. The Hall–Kier alpha value is -2.89. The van der Waals surface area contributed by atoms with Gasteiger partial charge in [-0.2, -0.15) is 0 Å². The highest BCUT2D eigenvalue weighted by Crippen LogP contribution is 2.40. The van der Waals surface area contributed by atoms with Crippen molar-refractivity contribution in [3.8, 4) is 11.5 Å². The minimum absolute atomic E-state index is 0.00263. The Kier molecular flexibility index (Phi) is 4.70. The number of hydrogen-bond acceptors (Lipinski definition) is 4. The minimum atomic E-state index is -0.00263. The second kappa shape index (κ2) is 7.50. The number of ether oxygens (including phenoxy) is 2. The van der Waals surface area contributed by atoms with E-state index in [4.69, 9.17) is 9.47 Å². The van der Waals surface area contributed by atoms with Crippen LogP contribution in [0.25, 0.3) is 0 Å². The molecule has 2 aromatic rings. The summed E-state index contributed by atoms with van der Waals surface area (Å²) < 4.78 is 11.6. The Labute approximate surface area is 171 Å². The average molecular weight is 393 g/mol. The number of aryl methyl sites for hydroxylation is 1. The number of piperazine rings is 1. The Bertz CT molecular complexity index is 903. The average Bonchev–Trinajstić information content (AvgIpc) is 3.40. The van der Waals surface area contributed by atoms with Crippen molar-refractivity contribution < 1.29 is 14.3 Å². The van der Waals surface area contributed by atoms with Crippen LogP contribution in [-0.2, 0) is 19.4 Å². The van der Waals surface area contributed by atoms with E-state index in [-0.39, 0.29) is 6.03 Å². The van der Waals surface area contributed by atoms with Gasteiger partial charge in [0.05, 0.1) is 13.2 Å². The van der Waals surface area contributed by atoms with Gasteiger partial charge in [-0.1, -0.05) is 12.1 Å².